The van der Waals surface area contributed by atoms with Crippen LogP contribution in [0, 0.1) is 0 Å². The highest BCUT2D eigenvalue weighted by Gasteiger charge is 2.25. The zero-order valence-corrected chi connectivity index (χ0v) is 16.0. The van der Waals surface area contributed by atoms with E-state index >= 15 is 0 Å². The van der Waals surface area contributed by atoms with Gasteiger partial charge in [0.15, 0.2) is 9.84 Å². The molecule has 0 saturated carbocycles. The zero-order valence-electron chi connectivity index (χ0n) is 9.55. The normalized spacial score (nSPS) is 15.0. The van der Waals surface area contributed by atoms with E-state index in [1.165, 1.54) is 20.8 Å². The van der Waals surface area contributed by atoms with Gasteiger partial charge in [0.25, 0.3) is 0 Å². The van der Waals surface area contributed by atoms with Crippen LogP contribution < -0.4 is 0 Å². The summed E-state index contributed by atoms with van der Waals surface area (Å²) in [6, 6.07) is 0. The molecular formula is C5H23N3Si4. The quantitative estimate of drug-likeness (QED) is 0.394. The van der Waals surface area contributed by atoms with E-state index in [9.17, 15) is 0 Å². The summed E-state index contributed by atoms with van der Waals surface area (Å²) >= 11 is 0. The Morgan fingerprint density at radius 2 is 1.50 bits per heavy atom. The van der Waals surface area contributed by atoms with Crippen LogP contribution in [-0.4, -0.2) is 66.2 Å². The third-order valence-corrected chi connectivity index (χ3v) is 9.99. The molecule has 0 amide bonds. The molecule has 0 saturated heterocycles. The summed E-state index contributed by atoms with van der Waals surface area (Å²) in [6.45, 7) is 7.27. The molecule has 0 rings (SSSR count). The first-order valence-electron chi connectivity index (χ1n) is 4.34. The maximum absolute atomic E-state index is 2.66. The van der Waals surface area contributed by atoms with Crippen LogP contribution in [0.2, 0.25) is 19.6 Å². The summed E-state index contributed by atoms with van der Waals surface area (Å²) < 4.78 is 5.28. The molecule has 0 atom stereocenters. The SMILES string of the molecule is CN(C)N([SiH2]N([SiH3])[SiH3])[Si](C)(C)C. The van der Waals surface area contributed by atoms with Crippen LogP contribution in [0.5, 0.6) is 0 Å². The lowest BCUT2D eigenvalue weighted by Crippen LogP contribution is -2.58. The second-order valence-corrected chi connectivity index (χ2v) is 19.6. The van der Waals surface area contributed by atoms with E-state index in [1.54, 1.807) is 0 Å². The van der Waals surface area contributed by atoms with Crippen molar-refractivity contribution < 1.29 is 0 Å². The molecule has 0 fully saturated rings. The topological polar surface area (TPSA) is 9.72 Å². The molecule has 0 bridgehead atoms. The van der Waals surface area contributed by atoms with Crippen LogP contribution in [-0.2, 0) is 0 Å². The molecule has 0 aliphatic heterocycles. The molecule has 12 heavy (non-hydrogen) atoms. The molecule has 3 nitrogen and oxygen atoms in total. The van der Waals surface area contributed by atoms with Gasteiger partial charge >= 0.3 is 0 Å². The van der Waals surface area contributed by atoms with E-state index in [2.05, 4.69) is 47.0 Å². The maximum Gasteiger partial charge on any atom is 0.166 e. The Balaban J connectivity index is 4.25. The molecule has 0 radical (unpaired) electrons. The Bertz CT molecular complexity index is 133. The highest BCUT2D eigenvalue weighted by molar-refractivity contribution is 6.79. The zero-order chi connectivity index (χ0) is 9.94. The Hall–Kier alpha value is 0.748. The van der Waals surface area contributed by atoms with Gasteiger partial charge in [0.2, 0.25) is 0 Å². The minimum Gasteiger partial charge on any atom is -0.375 e. The first kappa shape index (κ1) is 12.7. The summed E-state index contributed by atoms with van der Waals surface area (Å²) in [5.41, 5.74) is 0. The molecule has 0 aliphatic carbocycles. The molecular weight excluding hydrogens is 214 g/mol. The van der Waals surface area contributed by atoms with Gasteiger partial charge in [-0.3, -0.25) is 9.35 Å². The summed E-state index contributed by atoms with van der Waals surface area (Å²) in [5.74, 6) is 0. The van der Waals surface area contributed by atoms with Crippen LogP contribution in [0.3, 0.4) is 0 Å². The van der Waals surface area contributed by atoms with Crippen molar-refractivity contribution in [3.8, 4) is 0 Å². The molecule has 0 aliphatic rings. The molecule has 0 unspecified atom stereocenters. The number of hydrogen-bond acceptors (Lipinski definition) is 3. The standard InChI is InChI=1S/C5H23N3Si4/c1-6(2)7(11-8(9)10)12(3,4)5/h11H2,1-5,9-10H3. The van der Waals surface area contributed by atoms with E-state index in [1.807, 2.05) is 0 Å². The van der Waals surface area contributed by atoms with Crippen molar-refractivity contribution in [1.82, 2.24) is 13.2 Å². The van der Waals surface area contributed by atoms with Crippen LogP contribution in [0.25, 0.3) is 0 Å². The van der Waals surface area contributed by atoms with Crippen LogP contribution >= 0.6 is 0 Å². The lowest BCUT2D eigenvalue weighted by Gasteiger charge is -2.40. The Kier molecular flexibility index (Phi) is 5.14. The van der Waals surface area contributed by atoms with Gasteiger partial charge in [-0.2, -0.15) is 0 Å². The lowest BCUT2D eigenvalue weighted by atomic mass is 11.2. The fraction of sp³-hybridized carbons (Fsp3) is 1.00. The fourth-order valence-electron chi connectivity index (χ4n) is 1.21. The van der Waals surface area contributed by atoms with Crippen molar-refractivity contribution in [2.75, 3.05) is 14.1 Å². The van der Waals surface area contributed by atoms with Gasteiger partial charge in [-0.05, 0) is 0 Å². The van der Waals surface area contributed by atoms with E-state index in [-0.39, 0.29) is 9.84 Å². The van der Waals surface area contributed by atoms with Crippen LogP contribution in [0.4, 0.5) is 0 Å². The minimum atomic E-state index is -1.09. The van der Waals surface area contributed by atoms with Gasteiger partial charge in [-0.25, -0.2) is 0 Å². The molecule has 0 heterocycles. The van der Waals surface area contributed by atoms with Gasteiger partial charge < -0.3 is 3.90 Å². The molecule has 0 aromatic heterocycles. The molecule has 0 spiro atoms. The van der Waals surface area contributed by atoms with E-state index in [0.29, 0.717) is 0 Å². The van der Waals surface area contributed by atoms with Crippen molar-refractivity contribution in [2.24, 2.45) is 0 Å². The average molecular weight is 238 g/mol. The molecule has 74 valence electrons. The monoisotopic (exact) mass is 237 g/mol. The molecule has 0 N–H and O–H groups in total. The summed E-state index contributed by atoms with van der Waals surface area (Å²) in [5, 5.41) is 2.31. The Morgan fingerprint density at radius 3 is 1.58 bits per heavy atom. The predicted octanol–water partition coefficient (Wildman–Crippen LogP) is -2.54. The van der Waals surface area contributed by atoms with E-state index < -0.39 is 8.24 Å². The number of hydrogen-bond donors (Lipinski definition) is 0. The van der Waals surface area contributed by atoms with E-state index in [4.69, 9.17) is 0 Å². The summed E-state index contributed by atoms with van der Waals surface area (Å²) in [6.07, 6.45) is 0. The number of nitrogens with zero attached hydrogens (tertiary/aromatic N) is 3. The highest BCUT2D eigenvalue weighted by Crippen LogP contribution is 2.08. The second kappa shape index (κ2) is 4.84. The van der Waals surface area contributed by atoms with Gasteiger partial charge in [0.05, 0.1) is 20.8 Å². The highest BCUT2D eigenvalue weighted by atomic mass is 28.4. The van der Waals surface area contributed by atoms with Crippen LogP contribution in [0.1, 0.15) is 0 Å². The summed E-state index contributed by atoms with van der Waals surface area (Å²) in [4.78, 5) is 0. The predicted molar refractivity (Wildman–Crippen MR) is 69.1 cm³/mol. The molecule has 0 aromatic carbocycles. The largest absolute Gasteiger partial charge is 0.375 e. The van der Waals surface area contributed by atoms with Crippen molar-refractivity contribution in [1.29, 1.82) is 0 Å². The molecule has 0 aromatic rings. The Labute approximate surface area is 86.1 Å². The van der Waals surface area contributed by atoms with Crippen molar-refractivity contribution >= 4 is 38.9 Å². The number of rotatable bonds is 4. The average Bonchev–Trinajstić information content (AvgIpc) is 1.79. The number of hydrazine groups is 1. The van der Waals surface area contributed by atoms with Gasteiger partial charge in [-0.1, -0.05) is 19.6 Å². The molecule has 7 heteroatoms. The van der Waals surface area contributed by atoms with Crippen molar-refractivity contribution in [2.45, 2.75) is 19.6 Å². The lowest BCUT2D eigenvalue weighted by molar-refractivity contribution is 0.211. The first-order chi connectivity index (χ1) is 5.25. The van der Waals surface area contributed by atoms with Crippen molar-refractivity contribution in [3.05, 3.63) is 0 Å². The van der Waals surface area contributed by atoms with Gasteiger partial charge in [0, 0.05) is 14.1 Å². The Morgan fingerprint density at radius 1 is 1.08 bits per heavy atom. The van der Waals surface area contributed by atoms with Gasteiger partial charge in [0.1, 0.15) is 8.24 Å². The first-order valence-corrected chi connectivity index (χ1v) is 10.8. The van der Waals surface area contributed by atoms with Crippen LogP contribution in [0.15, 0.2) is 0 Å². The smallest absolute Gasteiger partial charge is 0.166 e. The maximum atomic E-state index is 2.66. The summed E-state index contributed by atoms with van der Waals surface area (Å²) in [7, 11) is 5.67. The van der Waals surface area contributed by atoms with Crippen molar-refractivity contribution in [3.63, 3.8) is 0 Å². The van der Waals surface area contributed by atoms with E-state index in [0.717, 1.165) is 0 Å². The van der Waals surface area contributed by atoms with Gasteiger partial charge in [-0.15, -0.1) is 0 Å². The fourth-order valence-corrected chi connectivity index (χ4v) is 9.05. The second-order valence-electron chi connectivity index (χ2n) is 4.64. The third kappa shape index (κ3) is 4.70. The minimum absolute atomic E-state index is 0.114. The third-order valence-electron chi connectivity index (χ3n) is 1.67.